The summed E-state index contributed by atoms with van der Waals surface area (Å²) in [5, 5.41) is 3.75. The highest BCUT2D eigenvalue weighted by atomic mass is 15.0. The van der Waals surface area contributed by atoms with Gasteiger partial charge in [-0.15, -0.1) is 6.58 Å². The van der Waals surface area contributed by atoms with Crippen molar-refractivity contribution in [1.29, 1.82) is 0 Å². The van der Waals surface area contributed by atoms with Gasteiger partial charge < -0.3 is 5.32 Å². The number of fused-ring (bicyclic) bond motifs is 5. The van der Waals surface area contributed by atoms with E-state index in [1.807, 2.05) is 6.08 Å². The molecule has 0 aromatic carbocycles. The van der Waals surface area contributed by atoms with E-state index in [-0.39, 0.29) is 0 Å². The summed E-state index contributed by atoms with van der Waals surface area (Å²) in [5.41, 5.74) is 0. The quantitative estimate of drug-likeness (QED) is 0.520. The molecule has 0 aromatic rings. The molecule has 1 nitrogen and oxygen atoms in total. The fourth-order valence-electron chi connectivity index (χ4n) is 4.11. The van der Waals surface area contributed by atoms with E-state index in [0.29, 0.717) is 0 Å². The van der Waals surface area contributed by atoms with E-state index < -0.39 is 0 Å². The standard InChI is InChI=1S/C13H21N/c1-2-3-4-7-14-13-11-9-5-6-10(8-9)12(11)13/h2,9-14H,1,3-8H2. The summed E-state index contributed by atoms with van der Waals surface area (Å²) in [7, 11) is 0. The number of hydrogen-bond donors (Lipinski definition) is 1. The van der Waals surface area contributed by atoms with Gasteiger partial charge in [-0.25, -0.2) is 0 Å². The SMILES string of the molecule is C=CCCCNC1C2C3CCC(C3)C12. The van der Waals surface area contributed by atoms with Crippen molar-refractivity contribution in [3.05, 3.63) is 12.7 Å². The van der Waals surface area contributed by atoms with Gasteiger partial charge in [-0.3, -0.25) is 0 Å². The van der Waals surface area contributed by atoms with Crippen LogP contribution in [0.5, 0.6) is 0 Å². The lowest BCUT2D eigenvalue weighted by Gasteiger charge is -2.09. The second kappa shape index (κ2) is 3.37. The highest BCUT2D eigenvalue weighted by molar-refractivity contribution is 5.16. The van der Waals surface area contributed by atoms with E-state index in [1.165, 1.54) is 32.2 Å². The van der Waals surface area contributed by atoms with Crippen molar-refractivity contribution in [3.63, 3.8) is 0 Å². The molecule has 0 heterocycles. The number of rotatable bonds is 5. The van der Waals surface area contributed by atoms with Crippen LogP contribution in [0.1, 0.15) is 32.1 Å². The van der Waals surface area contributed by atoms with Crippen LogP contribution < -0.4 is 5.32 Å². The van der Waals surface area contributed by atoms with Crippen LogP contribution in [0.15, 0.2) is 12.7 Å². The Hall–Kier alpha value is -0.300. The van der Waals surface area contributed by atoms with E-state index in [0.717, 1.165) is 29.7 Å². The fraction of sp³-hybridized carbons (Fsp3) is 0.846. The maximum Gasteiger partial charge on any atom is 0.0135 e. The van der Waals surface area contributed by atoms with Crippen LogP contribution in [0.2, 0.25) is 0 Å². The predicted octanol–water partition coefficient (Wildman–Crippen LogP) is 2.59. The number of allylic oxidation sites excluding steroid dienone is 1. The Bertz CT molecular complexity index is 219. The second-order valence-corrected chi connectivity index (χ2v) is 5.40. The first-order valence-corrected chi connectivity index (χ1v) is 6.26. The monoisotopic (exact) mass is 191 g/mol. The van der Waals surface area contributed by atoms with Gasteiger partial charge >= 0.3 is 0 Å². The summed E-state index contributed by atoms with van der Waals surface area (Å²) in [6.07, 6.45) is 9.11. The number of hydrogen-bond acceptors (Lipinski definition) is 1. The minimum Gasteiger partial charge on any atom is -0.313 e. The summed E-state index contributed by atoms with van der Waals surface area (Å²) in [6, 6.07) is 0.922. The zero-order valence-corrected chi connectivity index (χ0v) is 8.91. The predicted molar refractivity (Wildman–Crippen MR) is 59.0 cm³/mol. The maximum atomic E-state index is 3.76. The van der Waals surface area contributed by atoms with E-state index in [2.05, 4.69) is 11.9 Å². The molecular weight excluding hydrogens is 170 g/mol. The van der Waals surface area contributed by atoms with Gasteiger partial charge in [0.15, 0.2) is 0 Å². The van der Waals surface area contributed by atoms with Crippen LogP contribution in [0.3, 0.4) is 0 Å². The van der Waals surface area contributed by atoms with E-state index >= 15 is 0 Å². The average molecular weight is 191 g/mol. The molecule has 3 aliphatic rings. The first kappa shape index (κ1) is 8.96. The minimum atomic E-state index is 0.922. The van der Waals surface area contributed by atoms with Crippen molar-refractivity contribution in [3.8, 4) is 0 Å². The Kier molecular flexibility index (Phi) is 2.16. The van der Waals surface area contributed by atoms with Gasteiger partial charge in [-0.1, -0.05) is 6.08 Å². The third kappa shape index (κ3) is 1.25. The maximum absolute atomic E-state index is 3.76. The van der Waals surface area contributed by atoms with Gasteiger partial charge in [-0.2, -0.15) is 0 Å². The van der Waals surface area contributed by atoms with Crippen molar-refractivity contribution < 1.29 is 0 Å². The summed E-state index contributed by atoms with van der Waals surface area (Å²) < 4.78 is 0. The van der Waals surface area contributed by atoms with Crippen molar-refractivity contribution in [2.75, 3.05) is 6.54 Å². The third-order valence-electron chi connectivity index (χ3n) is 4.70. The molecule has 0 aliphatic heterocycles. The molecule has 1 N–H and O–H groups in total. The molecule has 3 rings (SSSR count). The molecule has 3 aliphatic carbocycles. The van der Waals surface area contributed by atoms with Crippen molar-refractivity contribution >= 4 is 0 Å². The Morgan fingerprint density at radius 1 is 1.21 bits per heavy atom. The lowest BCUT2D eigenvalue weighted by atomic mass is 10.0. The lowest BCUT2D eigenvalue weighted by Crippen LogP contribution is -2.23. The molecule has 3 fully saturated rings. The van der Waals surface area contributed by atoms with Crippen molar-refractivity contribution in [2.45, 2.75) is 38.1 Å². The zero-order valence-electron chi connectivity index (χ0n) is 8.91. The van der Waals surface area contributed by atoms with E-state index in [9.17, 15) is 0 Å². The molecule has 4 unspecified atom stereocenters. The van der Waals surface area contributed by atoms with Crippen LogP contribution in [-0.2, 0) is 0 Å². The second-order valence-electron chi connectivity index (χ2n) is 5.40. The summed E-state index contributed by atoms with van der Waals surface area (Å²) in [4.78, 5) is 0. The molecule has 0 radical (unpaired) electrons. The van der Waals surface area contributed by atoms with Gasteiger partial charge in [0.25, 0.3) is 0 Å². The van der Waals surface area contributed by atoms with Gasteiger partial charge in [0, 0.05) is 6.04 Å². The lowest BCUT2D eigenvalue weighted by molar-refractivity contribution is 0.456. The Morgan fingerprint density at radius 2 is 1.93 bits per heavy atom. The van der Waals surface area contributed by atoms with E-state index in [4.69, 9.17) is 0 Å². The highest BCUT2D eigenvalue weighted by Gasteiger charge is 2.64. The Morgan fingerprint density at radius 3 is 2.57 bits per heavy atom. The molecule has 0 aromatic heterocycles. The molecule has 0 amide bonds. The van der Waals surface area contributed by atoms with Crippen molar-refractivity contribution in [1.82, 2.24) is 5.32 Å². The largest absolute Gasteiger partial charge is 0.313 e. The molecular formula is C13H21N. The molecule has 0 saturated heterocycles. The average Bonchev–Trinajstić information content (AvgIpc) is 2.60. The van der Waals surface area contributed by atoms with Gasteiger partial charge in [0.1, 0.15) is 0 Å². The van der Waals surface area contributed by atoms with Gasteiger partial charge in [0.05, 0.1) is 0 Å². The molecule has 3 saturated carbocycles. The number of unbranched alkanes of at least 4 members (excludes halogenated alkanes) is 1. The van der Waals surface area contributed by atoms with Crippen LogP contribution in [0.4, 0.5) is 0 Å². The first-order valence-electron chi connectivity index (χ1n) is 6.26. The van der Waals surface area contributed by atoms with Gasteiger partial charge in [-0.05, 0) is 62.3 Å². The number of nitrogens with one attached hydrogen (secondary N) is 1. The van der Waals surface area contributed by atoms with Crippen LogP contribution >= 0.6 is 0 Å². The molecule has 2 bridgehead atoms. The van der Waals surface area contributed by atoms with E-state index in [1.54, 1.807) is 6.42 Å². The van der Waals surface area contributed by atoms with Crippen LogP contribution in [0, 0.1) is 23.7 Å². The summed E-state index contributed by atoms with van der Waals surface area (Å²) in [6.45, 7) is 4.97. The Balaban J connectivity index is 1.43. The molecule has 78 valence electrons. The zero-order chi connectivity index (χ0) is 9.54. The molecule has 14 heavy (non-hydrogen) atoms. The smallest absolute Gasteiger partial charge is 0.0135 e. The summed E-state index contributed by atoms with van der Waals surface area (Å²) >= 11 is 0. The normalized spacial score (nSPS) is 47.9. The first-order chi connectivity index (χ1) is 6.92. The van der Waals surface area contributed by atoms with Crippen LogP contribution in [0.25, 0.3) is 0 Å². The Labute approximate surface area is 87.0 Å². The highest BCUT2D eigenvalue weighted by Crippen LogP contribution is 2.65. The molecule has 4 atom stereocenters. The fourth-order valence-corrected chi connectivity index (χ4v) is 4.11. The summed E-state index contributed by atoms with van der Waals surface area (Å²) in [5.74, 6) is 4.42. The minimum absolute atomic E-state index is 0.922. The van der Waals surface area contributed by atoms with Crippen molar-refractivity contribution in [2.24, 2.45) is 23.7 Å². The third-order valence-corrected chi connectivity index (χ3v) is 4.70. The van der Waals surface area contributed by atoms with Gasteiger partial charge in [0.2, 0.25) is 0 Å². The topological polar surface area (TPSA) is 12.0 Å². The van der Waals surface area contributed by atoms with Crippen LogP contribution in [-0.4, -0.2) is 12.6 Å². The molecule has 0 spiro atoms. The molecule has 1 heteroatoms.